The monoisotopic (exact) mass is 242 g/mol. The van der Waals surface area contributed by atoms with E-state index in [2.05, 4.69) is 13.8 Å². The summed E-state index contributed by atoms with van der Waals surface area (Å²) in [6.45, 7) is 11.7. The molecule has 100 valence electrons. The molecule has 0 saturated carbocycles. The predicted octanol–water partition coefficient (Wildman–Crippen LogP) is 1.81. The number of ether oxygens (including phenoxy) is 1. The maximum absolute atomic E-state index is 10.4. The lowest BCUT2D eigenvalue weighted by molar-refractivity contribution is -0.0982. The van der Waals surface area contributed by atoms with Crippen LogP contribution in [0.4, 0.5) is 0 Å². The maximum atomic E-state index is 10.4. The highest BCUT2D eigenvalue weighted by molar-refractivity contribution is 5.10. The summed E-state index contributed by atoms with van der Waals surface area (Å²) in [4.78, 5) is 0. The van der Waals surface area contributed by atoms with E-state index >= 15 is 0 Å². The molecule has 2 aliphatic heterocycles. The molecule has 2 N–H and O–H groups in total. The first-order valence-corrected chi connectivity index (χ1v) is 6.65. The van der Waals surface area contributed by atoms with E-state index in [1.165, 1.54) is 0 Å². The minimum absolute atomic E-state index is 0.0127. The molecule has 0 aromatic heterocycles. The number of fused-ring (bicyclic) bond motifs is 2. The smallest absolute Gasteiger partial charge is 0.0668 e. The Morgan fingerprint density at radius 2 is 1.06 bits per heavy atom. The van der Waals surface area contributed by atoms with Crippen molar-refractivity contribution in [1.82, 2.24) is 0 Å². The van der Waals surface area contributed by atoms with E-state index in [1.807, 2.05) is 27.7 Å². The second kappa shape index (κ2) is 3.69. The first-order valence-electron chi connectivity index (χ1n) is 6.65. The van der Waals surface area contributed by atoms with Gasteiger partial charge in [0.2, 0.25) is 0 Å². The third-order valence-electron chi connectivity index (χ3n) is 4.91. The maximum Gasteiger partial charge on any atom is 0.0668 e. The van der Waals surface area contributed by atoms with Gasteiger partial charge in [-0.05, 0) is 39.5 Å². The van der Waals surface area contributed by atoms with Crippen LogP contribution in [0.15, 0.2) is 0 Å². The Morgan fingerprint density at radius 3 is 1.29 bits per heavy atom. The summed E-state index contributed by atoms with van der Waals surface area (Å²) in [6, 6.07) is 0. The molecule has 2 heterocycles. The van der Waals surface area contributed by atoms with E-state index in [0.29, 0.717) is 11.8 Å². The van der Waals surface area contributed by atoms with Crippen LogP contribution in [0.1, 0.15) is 41.5 Å². The molecule has 2 aliphatic rings. The Hall–Kier alpha value is -0.120. The van der Waals surface area contributed by atoms with E-state index in [-0.39, 0.29) is 24.0 Å². The van der Waals surface area contributed by atoms with Crippen molar-refractivity contribution in [2.75, 3.05) is 0 Å². The molecule has 6 atom stereocenters. The molecule has 3 nitrogen and oxygen atoms in total. The summed E-state index contributed by atoms with van der Waals surface area (Å²) < 4.78 is 6.06. The predicted molar refractivity (Wildman–Crippen MR) is 66.6 cm³/mol. The highest BCUT2D eigenvalue weighted by atomic mass is 16.5. The SMILES string of the molecule is CC1C(C)C2OC1C(C(C)(C)O)C2C(C)(C)O. The fourth-order valence-corrected chi connectivity index (χ4v) is 3.94. The van der Waals surface area contributed by atoms with E-state index in [4.69, 9.17) is 4.74 Å². The van der Waals surface area contributed by atoms with Crippen LogP contribution in [-0.4, -0.2) is 33.6 Å². The van der Waals surface area contributed by atoms with Gasteiger partial charge in [-0.25, -0.2) is 0 Å². The molecule has 2 fully saturated rings. The summed E-state index contributed by atoms with van der Waals surface area (Å²) in [5.74, 6) is 0.933. The van der Waals surface area contributed by atoms with Gasteiger partial charge in [-0.3, -0.25) is 0 Å². The van der Waals surface area contributed by atoms with Crippen molar-refractivity contribution in [3.8, 4) is 0 Å². The lowest BCUT2D eigenvalue weighted by atomic mass is 9.60. The van der Waals surface area contributed by atoms with Crippen LogP contribution in [0.3, 0.4) is 0 Å². The largest absolute Gasteiger partial charge is 0.390 e. The third-order valence-corrected chi connectivity index (χ3v) is 4.91. The third kappa shape index (κ3) is 1.92. The van der Waals surface area contributed by atoms with Crippen LogP contribution < -0.4 is 0 Å². The van der Waals surface area contributed by atoms with Crippen molar-refractivity contribution in [2.24, 2.45) is 23.7 Å². The zero-order chi connectivity index (χ0) is 13.2. The van der Waals surface area contributed by atoms with Crippen molar-refractivity contribution in [2.45, 2.75) is 65.0 Å². The van der Waals surface area contributed by atoms with Crippen LogP contribution in [0.2, 0.25) is 0 Å². The summed E-state index contributed by atoms with van der Waals surface area (Å²) in [6.07, 6.45) is 0.151. The van der Waals surface area contributed by atoms with Crippen LogP contribution in [-0.2, 0) is 4.74 Å². The standard InChI is InChI=1S/C14H26O3/c1-7-8(2)12-10(14(5,6)16)9(11(7)17-12)13(3,4)15/h7-12,15-16H,1-6H3. The molecule has 0 amide bonds. The first kappa shape index (κ1) is 13.3. The van der Waals surface area contributed by atoms with Gasteiger partial charge in [0.25, 0.3) is 0 Å². The zero-order valence-electron chi connectivity index (χ0n) is 11.8. The van der Waals surface area contributed by atoms with Crippen molar-refractivity contribution in [3.63, 3.8) is 0 Å². The van der Waals surface area contributed by atoms with E-state index in [0.717, 1.165) is 0 Å². The van der Waals surface area contributed by atoms with Crippen molar-refractivity contribution < 1.29 is 14.9 Å². The molecule has 2 saturated heterocycles. The Balaban J connectivity index is 2.37. The zero-order valence-corrected chi connectivity index (χ0v) is 11.8. The van der Waals surface area contributed by atoms with Gasteiger partial charge in [0.05, 0.1) is 23.4 Å². The van der Waals surface area contributed by atoms with E-state index < -0.39 is 11.2 Å². The lowest BCUT2D eigenvalue weighted by Crippen LogP contribution is -2.54. The molecule has 2 bridgehead atoms. The molecule has 3 heteroatoms. The van der Waals surface area contributed by atoms with Crippen molar-refractivity contribution >= 4 is 0 Å². The number of hydrogen-bond acceptors (Lipinski definition) is 3. The Labute approximate surface area is 104 Å². The van der Waals surface area contributed by atoms with Gasteiger partial charge < -0.3 is 14.9 Å². The quantitative estimate of drug-likeness (QED) is 0.776. The van der Waals surface area contributed by atoms with Crippen LogP contribution in [0.25, 0.3) is 0 Å². The Kier molecular flexibility index (Phi) is 2.89. The molecule has 6 unspecified atom stereocenters. The van der Waals surface area contributed by atoms with Gasteiger partial charge in [-0.2, -0.15) is 0 Å². The Bertz CT molecular complexity index is 270. The van der Waals surface area contributed by atoms with Gasteiger partial charge in [-0.15, -0.1) is 0 Å². The Morgan fingerprint density at radius 1 is 0.765 bits per heavy atom. The molecule has 0 aromatic carbocycles. The minimum Gasteiger partial charge on any atom is -0.390 e. The van der Waals surface area contributed by atoms with Crippen LogP contribution >= 0.6 is 0 Å². The summed E-state index contributed by atoms with van der Waals surface area (Å²) in [5.41, 5.74) is -1.61. The molecule has 0 spiro atoms. The molecule has 0 radical (unpaired) electrons. The first-order chi connectivity index (χ1) is 7.55. The fourth-order valence-electron chi connectivity index (χ4n) is 3.94. The number of rotatable bonds is 2. The molecule has 0 aromatic rings. The molecule has 17 heavy (non-hydrogen) atoms. The van der Waals surface area contributed by atoms with Gasteiger partial charge in [-0.1, -0.05) is 13.8 Å². The fraction of sp³-hybridized carbons (Fsp3) is 1.00. The minimum atomic E-state index is -0.807. The van der Waals surface area contributed by atoms with Gasteiger partial charge in [0.1, 0.15) is 0 Å². The molecule has 2 rings (SSSR count). The summed E-state index contributed by atoms with van der Waals surface area (Å²) in [7, 11) is 0. The normalized spacial score (nSPS) is 46.6. The molecule has 0 aliphatic carbocycles. The second-order valence-corrected chi connectivity index (χ2v) is 7.14. The van der Waals surface area contributed by atoms with Crippen molar-refractivity contribution in [3.05, 3.63) is 0 Å². The average molecular weight is 242 g/mol. The van der Waals surface area contributed by atoms with Gasteiger partial charge >= 0.3 is 0 Å². The average Bonchev–Trinajstić information content (AvgIpc) is 2.62. The highest BCUT2D eigenvalue weighted by Crippen LogP contribution is 2.56. The topological polar surface area (TPSA) is 49.7 Å². The molecular formula is C14H26O3. The molecular weight excluding hydrogens is 216 g/mol. The van der Waals surface area contributed by atoms with Gasteiger partial charge in [0.15, 0.2) is 0 Å². The van der Waals surface area contributed by atoms with Gasteiger partial charge in [0, 0.05) is 11.8 Å². The van der Waals surface area contributed by atoms with E-state index in [9.17, 15) is 10.2 Å². The summed E-state index contributed by atoms with van der Waals surface area (Å²) >= 11 is 0. The van der Waals surface area contributed by atoms with Crippen LogP contribution in [0.5, 0.6) is 0 Å². The highest BCUT2D eigenvalue weighted by Gasteiger charge is 2.63. The van der Waals surface area contributed by atoms with E-state index in [1.54, 1.807) is 0 Å². The number of aliphatic hydroxyl groups is 2. The van der Waals surface area contributed by atoms with Crippen molar-refractivity contribution in [1.29, 1.82) is 0 Å². The second-order valence-electron chi connectivity index (χ2n) is 7.14. The lowest BCUT2D eigenvalue weighted by Gasteiger charge is -2.45. The summed E-state index contributed by atoms with van der Waals surface area (Å²) in [5, 5.41) is 20.8. The van der Waals surface area contributed by atoms with Crippen LogP contribution in [0, 0.1) is 23.7 Å². The number of hydrogen-bond donors (Lipinski definition) is 2.